The average molecular weight is 219 g/mol. The largest absolute Gasteiger partial charge is 0.326 e. The molecular weight excluding hydrogens is 198 g/mol. The molecule has 1 aromatic rings. The molecule has 2 atom stereocenters. The number of rotatable bonds is 4. The minimum atomic E-state index is 0.339. The highest BCUT2D eigenvalue weighted by Crippen LogP contribution is 2.05. The predicted octanol–water partition coefficient (Wildman–Crippen LogP) is 0.774. The lowest BCUT2D eigenvalue weighted by Crippen LogP contribution is -2.33. The highest BCUT2D eigenvalue weighted by molar-refractivity contribution is 5.21. The van der Waals surface area contributed by atoms with Gasteiger partial charge in [-0.3, -0.25) is 0 Å². The molecule has 0 saturated carbocycles. The van der Waals surface area contributed by atoms with E-state index in [1.807, 2.05) is 0 Å². The lowest BCUT2D eigenvalue weighted by molar-refractivity contribution is 0.532. The van der Waals surface area contributed by atoms with E-state index in [0.29, 0.717) is 12.1 Å². The van der Waals surface area contributed by atoms with Crippen molar-refractivity contribution in [3.8, 4) is 0 Å². The molecule has 1 fully saturated rings. The highest BCUT2D eigenvalue weighted by atomic mass is 15.0. The minimum absolute atomic E-state index is 0.339. The molecule has 0 amide bonds. The summed E-state index contributed by atoms with van der Waals surface area (Å²) in [6, 6.07) is 9.50. The molecule has 3 nitrogen and oxygen atoms in total. The Morgan fingerprint density at radius 2 is 2.38 bits per heavy atom. The van der Waals surface area contributed by atoms with Gasteiger partial charge in [0.05, 0.1) is 0 Å². The molecule has 1 aliphatic rings. The fraction of sp³-hybridized carbons (Fsp3) is 0.538. The molecule has 88 valence electrons. The van der Waals surface area contributed by atoms with E-state index in [1.165, 1.54) is 11.1 Å². The summed E-state index contributed by atoms with van der Waals surface area (Å²) in [5.74, 6) is 0. The lowest BCUT2D eigenvalue weighted by Gasteiger charge is -2.11. The van der Waals surface area contributed by atoms with Crippen LogP contribution < -0.4 is 16.4 Å². The van der Waals surface area contributed by atoms with Crippen molar-refractivity contribution in [3.63, 3.8) is 0 Å². The van der Waals surface area contributed by atoms with Crippen LogP contribution in [0.4, 0.5) is 0 Å². The summed E-state index contributed by atoms with van der Waals surface area (Å²) in [4.78, 5) is 0. The van der Waals surface area contributed by atoms with E-state index in [1.54, 1.807) is 0 Å². The van der Waals surface area contributed by atoms with E-state index in [0.717, 1.165) is 26.1 Å². The van der Waals surface area contributed by atoms with Gasteiger partial charge in [-0.05, 0) is 18.9 Å². The second-order valence-corrected chi connectivity index (χ2v) is 4.72. The van der Waals surface area contributed by atoms with Gasteiger partial charge in [0.1, 0.15) is 0 Å². The zero-order valence-electron chi connectivity index (χ0n) is 9.87. The van der Waals surface area contributed by atoms with E-state index < -0.39 is 0 Å². The first-order valence-corrected chi connectivity index (χ1v) is 5.99. The predicted molar refractivity (Wildman–Crippen MR) is 67.3 cm³/mol. The van der Waals surface area contributed by atoms with Crippen LogP contribution >= 0.6 is 0 Å². The first-order chi connectivity index (χ1) is 7.74. The lowest BCUT2D eigenvalue weighted by atomic mass is 10.1. The SMILES string of the molecule is Cc1cccc(CNCC2CC(N)CN2)c1. The molecule has 1 saturated heterocycles. The van der Waals surface area contributed by atoms with Gasteiger partial charge in [0.25, 0.3) is 0 Å². The summed E-state index contributed by atoms with van der Waals surface area (Å²) in [7, 11) is 0. The molecule has 2 unspecified atom stereocenters. The van der Waals surface area contributed by atoms with Crippen molar-refractivity contribution in [1.29, 1.82) is 0 Å². The summed E-state index contributed by atoms with van der Waals surface area (Å²) < 4.78 is 0. The Hall–Kier alpha value is -0.900. The van der Waals surface area contributed by atoms with Gasteiger partial charge in [0, 0.05) is 31.7 Å². The first-order valence-electron chi connectivity index (χ1n) is 5.99. The summed E-state index contributed by atoms with van der Waals surface area (Å²) in [5.41, 5.74) is 8.51. The number of nitrogens with one attached hydrogen (secondary N) is 2. The molecule has 2 rings (SSSR count). The molecular formula is C13H21N3. The Kier molecular flexibility index (Phi) is 3.93. The van der Waals surface area contributed by atoms with Crippen molar-refractivity contribution in [3.05, 3.63) is 35.4 Å². The molecule has 1 aromatic carbocycles. The van der Waals surface area contributed by atoms with Crippen LogP contribution in [0.1, 0.15) is 17.5 Å². The fourth-order valence-electron chi connectivity index (χ4n) is 2.22. The maximum absolute atomic E-state index is 5.84. The maximum Gasteiger partial charge on any atom is 0.0208 e. The summed E-state index contributed by atoms with van der Waals surface area (Å²) in [6.07, 6.45) is 1.08. The second kappa shape index (κ2) is 5.43. The van der Waals surface area contributed by atoms with Crippen LogP contribution in [0.3, 0.4) is 0 Å². The minimum Gasteiger partial charge on any atom is -0.326 e. The van der Waals surface area contributed by atoms with Gasteiger partial charge in [-0.25, -0.2) is 0 Å². The van der Waals surface area contributed by atoms with Crippen LogP contribution in [0, 0.1) is 6.92 Å². The van der Waals surface area contributed by atoms with Crippen molar-refractivity contribution >= 4 is 0 Å². The summed E-state index contributed by atoms with van der Waals surface area (Å²) >= 11 is 0. The van der Waals surface area contributed by atoms with Crippen molar-refractivity contribution in [2.24, 2.45) is 5.73 Å². The first kappa shape index (κ1) is 11.6. The molecule has 0 spiro atoms. The van der Waals surface area contributed by atoms with Crippen molar-refractivity contribution in [1.82, 2.24) is 10.6 Å². The zero-order chi connectivity index (χ0) is 11.4. The van der Waals surface area contributed by atoms with Gasteiger partial charge >= 0.3 is 0 Å². The van der Waals surface area contributed by atoms with Gasteiger partial charge in [0.15, 0.2) is 0 Å². The Morgan fingerprint density at radius 1 is 1.50 bits per heavy atom. The van der Waals surface area contributed by atoms with Crippen LogP contribution in [0.25, 0.3) is 0 Å². The Bertz CT molecular complexity index is 338. The number of nitrogens with two attached hydrogens (primary N) is 1. The number of hydrogen-bond acceptors (Lipinski definition) is 3. The molecule has 16 heavy (non-hydrogen) atoms. The van der Waals surface area contributed by atoms with Crippen molar-refractivity contribution < 1.29 is 0 Å². The summed E-state index contributed by atoms with van der Waals surface area (Å²) in [6.45, 7) is 5.02. The maximum atomic E-state index is 5.84. The smallest absolute Gasteiger partial charge is 0.0208 e. The van der Waals surface area contributed by atoms with Gasteiger partial charge in [-0.15, -0.1) is 0 Å². The van der Waals surface area contributed by atoms with Gasteiger partial charge < -0.3 is 16.4 Å². The van der Waals surface area contributed by atoms with E-state index in [2.05, 4.69) is 41.8 Å². The zero-order valence-corrected chi connectivity index (χ0v) is 9.87. The molecule has 1 heterocycles. The molecule has 0 aliphatic carbocycles. The van der Waals surface area contributed by atoms with E-state index in [4.69, 9.17) is 5.73 Å². The number of benzene rings is 1. The van der Waals surface area contributed by atoms with E-state index in [9.17, 15) is 0 Å². The van der Waals surface area contributed by atoms with Gasteiger partial charge in [0.2, 0.25) is 0 Å². The summed E-state index contributed by atoms with van der Waals surface area (Å²) in [5, 5.41) is 6.89. The van der Waals surface area contributed by atoms with Crippen LogP contribution in [0.5, 0.6) is 0 Å². The normalized spacial score (nSPS) is 24.9. The third-order valence-corrected chi connectivity index (χ3v) is 3.06. The quantitative estimate of drug-likeness (QED) is 0.701. The molecule has 1 aliphatic heterocycles. The van der Waals surface area contributed by atoms with Crippen molar-refractivity contribution in [2.45, 2.75) is 32.0 Å². The fourth-order valence-corrected chi connectivity index (χ4v) is 2.22. The Labute approximate surface area is 97.4 Å². The third-order valence-electron chi connectivity index (χ3n) is 3.06. The van der Waals surface area contributed by atoms with Crippen LogP contribution in [0.15, 0.2) is 24.3 Å². The molecule has 0 bridgehead atoms. The second-order valence-electron chi connectivity index (χ2n) is 4.72. The molecule has 0 aromatic heterocycles. The van der Waals surface area contributed by atoms with Crippen molar-refractivity contribution in [2.75, 3.05) is 13.1 Å². The Morgan fingerprint density at radius 3 is 3.06 bits per heavy atom. The topological polar surface area (TPSA) is 50.1 Å². The Balaban J connectivity index is 1.72. The van der Waals surface area contributed by atoms with Crippen LogP contribution in [-0.2, 0) is 6.54 Å². The molecule has 0 radical (unpaired) electrons. The van der Waals surface area contributed by atoms with E-state index >= 15 is 0 Å². The standard InChI is InChI=1S/C13H21N3/c1-10-3-2-4-11(5-10)7-15-9-13-6-12(14)8-16-13/h2-5,12-13,15-16H,6-9,14H2,1H3. The average Bonchev–Trinajstić information content (AvgIpc) is 2.64. The van der Waals surface area contributed by atoms with Gasteiger partial charge in [-0.1, -0.05) is 29.8 Å². The van der Waals surface area contributed by atoms with Gasteiger partial charge in [-0.2, -0.15) is 0 Å². The number of hydrogen-bond donors (Lipinski definition) is 3. The molecule has 4 N–H and O–H groups in total. The number of aryl methyl sites for hydroxylation is 1. The van der Waals surface area contributed by atoms with E-state index in [-0.39, 0.29) is 0 Å². The molecule has 3 heteroatoms. The third kappa shape index (κ3) is 3.30. The highest BCUT2D eigenvalue weighted by Gasteiger charge is 2.19. The van der Waals surface area contributed by atoms with Crippen LogP contribution in [-0.4, -0.2) is 25.2 Å². The monoisotopic (exact) mass is 219 g/mol. The van der Waals surface area contributed by atoms with Crippen LogP contribution in [0.2, 0.25) is 0 Å².